The Morgan fingerprint density at radius 3 is 0.926 bits per heavy atom. The third-order valence-electron chi connectivity index (χ3n) is 10.2. The van der Waals surface area contributed by atoms with Crippen molar-refractivity contribution in [2.75, 3.05) is 13.2 Å². The molecule has 0 atom stereocenters. The summed E-state index contributed by atoms with van der Waals surface area (Å²) in [6.45, 7) is 6.56. The van der Waals surface area contributed by atoms with Crippen molar-refractivity contribution in [1.29, 1.82) is 0 Å². The molecule has 0 aliphatic carbocycles. The molecule has 0 aromatic rings. The molecule has 0 spiro atoms. The second-order valence-electron chi connectivity index (χ2n) is 15.7. The van der Waals surface area contributed by atoms with Crippen LogP contribution in [0.3, 0.4) is 0 Å². The van der Waals surface area contributed by atoms with E-state index in [9.17, 15) is 14.4 Å². The van der Waals surface area contributed by atoms with Crippen LogP contribution in [0.5, 0.6) is 0 Å². The highest BCUT2D eigenvalue weighted by Gasteiger charge is 2.19. The number of esters is 3. The molecule has 0 saturated heterocycles. The van der Waals surface area contributed by atoms with Crippen molar-refractivity contribution in [2.45, 2.75) is 252 Å². The average molecular weight is 762 g/mol. The van der Waals surface area contributed by atoms with Gasteiger partial charge in [0.2, 0.25) is 0 Å². The van der Waals surface area contributed by atoms with Gasteiger partial charge in [-0.3, -0.25) is 14.4 Å². The molecule has 0 unspecified atom stereocenters. The van der Waals surface area contributed by atoms with Gasteiger partial charge in [-0.15, -0.1) is 0 Å². The van der Waals surface area contributed by atoms with Crippen molar-refractivity contribution < 1.29 is 28.6 Å². The summed E-state index contributed by atoms with van der Waals surface area (Å²) in [4.78, 5) is 37.6. The average Bonchev–Trinajstić information content (AvgIpc) is 3.17. The fourth-order valence-corrected chi connectivity index (χ4v) is 6.61. The molecule has 0 saturated carbocycles. The molecule has 0 amide bonds. The summed E-state index contributed by atoms with van der Waals surface area (Å²) in [5, 5.41) is 0. The van der Waals surface area contributed by atoms with E-state index in [1.807, 2.05) is 0 Å². The zero-order valence-corrected chi connectivity index (χ0v) is 36.0. The minimum Gasteiger partial charge on any atom is -0.462 e. The molecule has 0 aromatic heterocycles. The molecule has 0 aliphatic rings. The lowest BCUT2D eigenvalue weighted by atomic mass is 10.1. The number of carbonyl (C=O) groups is 3. The van der Waals surface area contributed by atoms with Crippen LogP contribution in [0, 0.1) is 0 Å². The zero-order valence-electron chi connectivity index (χ0n) is 36.0. The number of ether oxygens (including phenoxy) is 3. The number of unbranched alkanes of at least 4 members (excludes halogenated alkanes) is 27. The Balaban J connectivity index is 4.23. The fourth-order valence-electron chi connectivity index (χ4n) is 6.61. The lowest BCUT2D eigenvalue weighted by Gasteiger charge is -2.18. The number of rotatable bonds is 42. The number of hydrogen-bond donors (Lipinski definition) is 0. The molecule has 0 aromatic carbocycles. The van der Waals surface area contributed by atoms with Crippen LogP contribution in [0.1, 0.15) is 245 Å². The Hall–Kier alpha value is -2.11. The molecule has 6 heteroatoms. The normalized spacial score (nSPS) is 11.6. The minimum atomic E-state index is -0.770. The SMILES string of the molecule is CCCCCCCC/C=C\CCCCCCCC(=O)OCC(COC(=O)CCCCCCC/C=C\CCCCCCCC)O[13C](=O)CCCCCCCC. The van der Waals surface area contributed by atoms with E-state index in [0.717, 1.165) is 70.6 Å². The van der Waals surface area contributed by atoms with Crippen LogP contribution in [-0.2, 0) is 28.6 Å². The first-order chi connectivity index (χ1) is 26.5. The summed E-state index contributed by atoms with van der Waals surface area (Å²) in [6.07, 6.45) is 47.5. The van der Waals surface area contributed by atoms with Crippen LogP contribution in [0.2, 0.25) is 0 Å². The Morgan fingerprint density at radius 1 is 0.352 bits per heavy atom. The van der Waals surface area contributed by atoms with Crippen LogP contribution in [0.4, 0.5) is 0 Å². The third-order valence-corrected chi connectivity index (χ3v) is 10.2. The Bertz CT molecular complexity index is 824. The van der Waals surface area contributed by atoms with Crippen molar-refractivity contribution in [3.8, 4) is 0 Å². The van der Waals surface area contributed by atoms with E-state index in [-0.39, 0.29) is 31.1 Å². The van der Waals surface area contributed by atoms with Crippen LogP contribution in [-0.4, -0.2) is 37.2 Å². The molecule has 0 aliphatic heterocycles. The first-order valence-corrected chi connectivity index (χ1v) is 23.3. The number of allylic oxidation sites excluding steroid dienone is 4. The molecule has 0 radical (unpaired) electrons. The van der Waals surface area contributed by atoms with E-state index in [2.05, 4.69) is 45.1 Å². The monoisotopic (exact) mass is 762 g/mol. The van der Waals surface area contributed by atoms with Crippen LogP contribution in [0.15, 0.2) is 24.3 Å². The molecule has 6 nitrogen and oxygen atoms in total. The van der Waals surface area contributed by atoms with Crippen molar-refractivity contribution in [1.82, 2.24) is 0 Å². The van der Waals surface area contributed by atoms with E-state index >= 15 is 0 Å². The first-order valence-electron chi connectivity index (χ1n) is 23.3. The summed E-state index contributed by atoms with van der Waals surface area (Å²) >= 11 is 0. The van der Waals surface area contributed by atoms with Crippen molar-refractivity contribution >= 4 is 17.9 Å². The summed E-state index contributed by atoms with van der Waals surface area (Å²) in [7, 11) is 0. The Morgan fingerprint density at radius 2 is 0.611 bits per heavy atom. The maximum Gasteiger partial charge on any atom is 0.306 e. The number of carbonyl (C=O) groups excluding carboxylic acids is 3. The minimum absolute atomic E-state index is 0.0766. The van der Waals surface area contributed by atoms with Gasteiger partial charge >= 0.3 is 17.9 Å². The first kappa shape index (κ1) is 51.9. The van der Waals surface area contributed by atoms with E-state index in [1.54, 1.807) is 0 Å². The Labute approximate surface area is 334 Å². The molecule has 0 N–H and O–H groups in total. The van der Waals surface area contributed by atoms with Gasteiger partial charge in [0.15, 0.2) is 6.10 Å². The van der Waals surface area contributed by atoms with E-state index in [0.29, 0.717) is 19.3 Å². The van der Waals surface area contributed by atoms with Gasteiger partial charge < -0.3 is 14.2 Å². The highest BCUT2D eigenvalue weighted by atomic mass is 16.7. The molecular formula is C48H88O6. The van der Waals surface area contributed by atoms with Crippen LogP contribution in [0.25, 0.3) is 0 Å². The predicted molar refractivity (Wildman–Crippen MR) is 229 cm³/mol. The van der Waals surface area contributed by atoms with Gasteiger partial charge in [-0.25, -0.2) is 0 Å². The molecule has 54 heavy (non-hydrogen) atoms. The highest BCUT2D eigenvalue weighted by molar-refractivity contribution is 5.71. The van der Waals surface area contributed by atoms with Crippen LogP contribution >= 0.6 is 0 Å². The Kier molecular flexibility index (Phi) is 41.9. The largest absolute Gasteiger partial charge is 0.462 e. The summed E-state index contributed by atoms with van der Waals surface area (Å²) in [6, 6.07) is 0. The molecular weight excluding hydrogens is 674 g/mol. The molecule has 316 valence electrons. The van der Waals surface area contributed by atoms with Gasteiger partial charge in [0.25, 0.3) is 0 Å². The van der Waals surface area contributed by atoms with E-state index < -0.39 is 6.10 Å². The second-order valence-corrected chi connectivity index (χ2v) is 15.7. The van der Waals surface area contributed by atoms with Crippen molar-refractivity contribution in [3.63, 3.8) is 0 Å². The maximum atomic E-state index is 12.6. The third kappa shape index (κ3) is 41.1. The summed E-state index contributed by atoms with van der Waals surface area (Å²) < 4.78 is 16.6. The smallest absolute Gasteiger partial charge is 0.306 e. The second kappa shape index (κ2) is 43.6. The van der Waals surface area contributed by atoms with Gasteiger partial charge in [0.1, 0.15) is 13.2 Å². The number of hydrogen-bond acceptors (Lipinski definition) is 6. The van der Waals surface area contributed by atoms with Gasteiger partial charge in [0.05, 0.1) is 0 Å². The van der Waals surface area contributed by atoms with E-state index in [4.69, 9.17) is 14.2 Å². The van der Waals surface area contributed by atoms with Gasteiger partial charge in [-0.1, -0.05) is 180 Å². The molecule has 0 bridgehead atoms. The lowest BCUT2D eigenvalue weighted by Crippen LogP contribution is -2.30. The lowest BCUT2D eigenvalue weighted by molar-refractivity contribution is -0.167. The molecule has 0 heterocycles. The van der Waals surface area contributed by atoms with Gasteiger partial charge in [0, 0.05) is 19.3 Å². The van der Waals surface area contributed by atoms with Gasteiger partial charge in [-0.05, 0) is 70.6 Å². The van der Waals surface area contributed by atoms with Crippen molar-refractivity contribution in [2.24, 2.45) is 0 Å². The maximum absolute atomic E-state index is 12.6. The molecule has 0 fully saturated rings. The standard InChI is InChI=1S/C48H88O6/c1-4-7-10-13-16-18-20-22-24-26-28-30-32-35-37-40-46(49)52-43-45(54-48(51)42-39-34-15-12-9-6-3)44-53-47(50)41-38-36-33-31-29-27-25-23-21-19-17-14-11-8-5-2/h22-25,45H,4-21,26-44H2,1-3H3/b24-22-,25-23-/i48+1. The van der Waals surface area contributed by atoms with Crippen molar-refractivity contribution in [3.05, 3.63) is 24.3 Å². The quantitative estimate of drug-likeness (QED) is 0.0203. The summed E-state index contributed by atoms with van der Waals surface area (Å²) in [5.74, 6) is -0.898. The molecule has 0 rings (SSSR count). The highest BCUT2D eigenvalue weighted by Crippen LogP contribution is 2.14. The van der Waals surface area contributed by atoms with E-state index in [1.165, 1.54) is 135 Å². The van der Waals surface area contributed by atoms with Crippen LogP contribution < -0.4 is 0 Å². The zero-order chi connectivity index (χ0) is 39.4. The summed E-state index contributed by atoms with van der Waals surface area (Å²) in [5.41, 5.74) is 0. The van der Waals surface area contributed by atoms with Gasteiger partial charge in [-0.2, -0.15) is 0 Å². The predicted octanol–water partition coefficient (Wildman–Crippen LogP) is 14.8. The topological polar surface area (TPSA) is 78.9 Å². The fraction of sp³-hybridized carbons (Fsp3) is 0.854.